The summed E-state index contributed by atoms with van der Waals surface area (Å²) < 4.78 is 26.6. The lowest BCUT2D eigenvalue weighted by Crippen LogP contribution is -2.09. The van der Waals surface area contributed by atoms with E-state index in [1.807, 2.05) is 0 Å². The molecule has 2 rings (SSSR count). The van der Waals surface area contributed by atoms with Crippen molar-refractivity contribution in [2.24, 2.45) is 0 Å². The minimum Gasteiger partial charge on any atom is -0.320 e. The predicted octanol–water partition coefficient (Wildman–Crippen LogP) is 3.62. The number of carbonyl (C=O) groups is 1. The standard InChI is InChI=1S/C15H11F2NO/c16-12-6-2-1-5-11(12)9-10-15(19)18-14-8-4-3-7-13(14)17/h1-10H,(H,18,19)/b10-9+. The number of hydrogen-bond acceptors (Lipinski definition) is 1. The molecule has 0 fully saturated rings. The van der Waals surface area contributed by atoms with Gasteiger partial charge >= 0.3 is 0 Å². The highest BCUT2D eigenvalue weighted by Crippen LogP contribution is 2.13. The van der Waals surface area contributed by atoms with E-state index < -0.39 is 17.5 Å². The molecule has 0 saturated heterocycles. The van der Waals surface area contributed by atoms with Crippen molar-refractivity contribution >= 4 is 17.7 Å². The van der Waals surface area contributed by atoms with Gasteiger partial charge in [-0.2, -0.15) is 0 Å². The van der Waals surface area contributed by atoms with Gasteiger partial charge in [-0.05, 0) is 24.3 Å². The monoisotopic (exact) mass is 259 g/mol. The highest BCUT2D eigenvalue weighted by atomic mass is 19.1. The number of rotatable bonds is 3. The fourth-order valence-corrected chi connectivity index (χ4v) is 1.51. The minimum atomic E-state index is -0.520. The van der Waals surface area contributed by atoms with Crippen LogP contribution in [0, 0.1) is 11.6 Å². The van der Waals surface area contributed by atoms with Crippen molar-refractivity contribution in [2.75, 3.05) is 5.32 Å². The third-order valence-electron chi connectivity index (χ3n) is 2.45. The molecule has 1 amide bonds. The molecule has 0 spiro atoms. The Morgan fingerprint density at radius 1 is 0.947 bits per heavy atom. The first kappa shape index (κ1) is 13.0. The molecule has 0 bridgehead atoms. The highest BCUT2D eigenvalue weighted by Gasteiger charge is 2.03. The van der Waals surface area contributed by atoms with E-state index in [0.717, 1.165) is 6.08 Å². The van der Waals surface area contributed by atoms with E-state index in [2.05, 4.69) is 5.32 Å². The number of halogens is 2. The molecule has 96 valence electrons. The molecule has 0 heterocycles. The van der Waals surface area contributed by atoms with Crippen molar-refractivity contribution < 1.29 is 13.6 Å². The summed E-state index contributed by atoms with van der Waals surface area (Å²) >= 11 is 0. The number of benzene rings is 2. The van der Waals surface area contributed by atoms with Crippen LogP contribution in [0.15, 0.2) is 54.6 Å². The lowest BCUT2D eigenvalue weighted by Gasteiger charge is -2.02. The lowest BCUT2D eigenvalue weighted by atomic mass is 10.2. The van der Waals surface area contributed by atoms with Crippen molar-refractivity contribution in [3.05, 3.63) is 71.8 Å². The molecule has 2 aromatic rings. The molecule has 0 unspecified atom stereocenters. The van der Waals surface area contributed by atoms with Crippen LogP contribution in [-0.2, 0) is 4.79 Å². The van der Waals surface area contributed by atoms with Crippen LogP contribution in [0.3, 0.4) is 0 Å². The first-order chi connectivity index (χ1) is 9.16. The second kappa shape index (κ2) is 5.91. The smallest absolute Gasteiger partial charge is 0.248 e. The molecule has 0 aromatic heterocycles. The molecule has 2 nitrogen and oxygen atoms in total. The number of carbonyl (C=O) groups excluding carboxylic acids is 1. The van der Waals surface area contributed by atoms with E-state index in [4.69, 9.17) is 0 Å². The van der Waals surface area contributed by atoms with Crippen molar-refractivity contribution in [3.63, 3.8) is 0 Å². The molecule has 0 radical (unpaired) electrons. The molecule has 4 heteroatoms. The Morgan fingerprint density at radius 2 is 1.58 bits per heavy atom. The lowest BCUT2D eigenvalue weighted by molar-refractivity contribution is -0.111. The van der Waals surface area contributed by atoms with E-state index in [9.17, 15) is 13.6 Å². The number of para-hydroxylation sites is 1. The van der Waals surface area contributed by atoms with Crippen molar-refractivity contribution in [1.29, 1.82) is 0 Å². The van der Waals surface area contributed by atoms with Gasteiger partial charge in [-0.15, -0.1) is 0 Å². The number of nitrogens with one attached hydrogen (secondary N) is 1. The molecule has 19 heavy (non-hydrogen) atoms. The van der Waals surface area contributed by atoms with Crippen LogP contribution in [-0.4, -0.2) is 5.91 Å². The van der Waals surface area contributed by atoms with Crippen LogP contribution >= 0.6 is 0 Å². The van der Waals surface area contributed by atoms with Gasteiger partial charge < -0.3 is 5.32 Å². The van der Waals surface area contributed by atoms with Gasteiger partial charge in [0.15, 0.2) is 0 Å². The molecular weight excluding hydrogens is 248 g/mol. The van der Waals surface area contributed by atoms with Gasteiger partial charge in [0, 0.05) is 11.6 Å². The maximum atomic E-state index is 13.3. The predicted molar refractivity (Wildman–Crippen MR) is 70.5 cm³/mol. The summed E-state index contributed by atoms with van der Waals surface area (Å²) in [6.45, 7) is 0. The zero-order chi connectivity index (χ0) is 13.7. The van der Waals surface area contributed by atoms with Crippen LogP contribution in [0.25, 0.3) is 6.08 Å². The third-order valence-corrected chi connectivity index (χ3v) is 2.45. The summed E-state index contributed by atoms with van der Waals surface area (Å²) in [6, 6.07) is 11.9. The summed E-state index contributed by atoms with van der Waals surface area (Å²) in [6.07, 6.45) is 2.50. The highest BCUT2D eigenvalue weighted by molar-refractivity contribution is 6.01. The van der Waals surface area contributed by atoms with Crippen LogP contribution < -0.4 is 5.32 Å². The molecule has 0 saturated carbocycles. The number of anilines is 1. The third kappa shape index (κ3) is 3.48. The first-order valence-electron chi connectivity index (χ1n) is 5.65. The number of hydrogen-bond donors (Lipinski definition) is 1. The van der Waals surface area contributed by atoms with Gasteiger partial charge in [0.25, 0.3) is 0 Å². The zero-order valence-corrected chi connectivity index (χ0v) is 9.94. The van der Waals surface area contributed by atoms with Gasteiger partial charge in [0.1, 0.15) is 11.6 Å². The number of amides is 1. The largest absolute Gasteiger partial charge is 0.320 e. The molecule has 1 N–H and O–H groups in total. The van der Waals surface area contributed by atoms with Crippen molar-refractivity contribution in [3.8, 4) is 0 Å². The van der Waals surface area contributed by atoms with Crippen LogP contribution in [0.5, 0.6) is 0 Å². The maximum Gasteiger partial charge on any atom is 0.248 e. The fraction of sp³-hybridized carbons (Fsp3) is 0. The Hall–Kier alpha value is -2.49. The van der Waals surface area contributed by atoms with Crippen molar-refractivity contribution in [1.82, 2.24) is 0 Å². The van der Waals surface area contributed by atoms with Gasteiger partial charge in [-0.25, -0.2) is 8.78 Å². The second-order valence-corrected chi connectivity index (χ2v) is 3.82. The van der Waals surface area contributed by atoms with E-state index in [1.165, 1.54) is 30.3 Å². The van der Waals surface area contributed by atoms with Gasteiger partial charge in [0.2, 0.25) is 5.91 Å². The molecule has 0 aliphatic carbocycles. The van der Waals surface area contributed by atoms with Crippen molar-refractivity contribution in [2.45, 2.75) is 0 Å². The Kier molecular flexibility index (Phi) is 4.03. The molecule has 0 aliphatic heterocycles. The average Bonchev–Trinajstić information content (AvgIpc) is 2.40. The summed E-state index contributed by atoms with van der Waals surface area (Å²) in [5, 5.41) is 2.38. The summed E-state index contributed by atoms with van der Waals surface area (Å²) in [5.74, 6) is -1.46. The normalized spacial score (nSPS) is 10.6. The Morgan fingerprint density at radius 3 is 2.26 bits per heavy atom. The van der Waals surface area contributed by atoms with Gasteiger partial charge in [0.05, 0.1) is 5.69 Å². The van der Waals surface area contributed by atoms with E-state index in [1.54, 1.807) is 24.3 Å². The summed E-state index contributed by atoms with van der Waals surface area (Å²) in [4.78, 5) is 11.6. The molecule has 0 aliphatic rings. The maximum absolute atomic E-state index is 13.3. The van der Waals surface area contributed by atoms with Crippen LogP contribution in [0.2, 0.25) is 0 Å². The topological polar surface area (TPSA) is 29.1 Å². The van der Waals surface area contributed by atoms with Gasteiger partial charge in [-0.1, -0.05) is 30.3 Å². The minimum absolute atomic E-state index is 0.0886. The SMILES string of the molecule is O=C(/C=C/c1ccccc1F)Nc1ccccc1F. The average molecular weight is 259 g/mol. The Bertz CT molecular complexity index is 623. The molecule has 2 aromatic carbocycles. The molecular formula is C15H11F2NO. The fourth-order valence-electron chi connectivity index (χ4n) is 1.51. The quantitative estimate of drug-likeness (QED) is 0.838. The van der Waals surface area contributed by atoms with Gasteiger partial charge in [-0.3, -0.25) is 4.79 Å². The summed E-state index contributed by atoms with van der Waals surface area (Å²) in [5.41, 5.74) is 0.386. The van der Waals surface area contributed by atoms with E-state index in [-0.39, 0.29) is 5.69 Å². The second-order valence-electron chi connectivity index (χ2n) is 3.82. The van der Waals surface area contributed by atoms with E-state index >= 15 is 0 Å². The Balaban J connectivity index is 2.06. The zero-order valence-electron chi connectivity index (χ0n) is 9.94. The Labute approximate surface area is 109 Å². The molecule has 0 atom stereocenters. The first-order valence-corrected chi connectivity index (χ1v) is 5.65. The van der Waals surface area contributed by atoms with Crippen LogP contribution in [0.1, 0.15) is 5.56 Å². The van der Waals surface area contributed by atoms with E-state index in [0.29, 0.717) is 5.56 Å². The summed E-state index contributed by atoms with van der Waals surface area (Å²) in [7, 11) is 0. The van der Waals surface area contributed by atoms with Crippen LogP contribution in [0.4, 0.5) is 14.5 Å².